The maximum absolute atomic E-state index is 6.33. The van der Waals surface area contributed by atoms with Gasteiger partial charge in [0.05, 0.1) is 18.5 Å². The van der Waals surface area contributed by atoms with E-state index in [-0.39, 0.29) is 0 Å². The van der Waals surface area contributed by atoms with Gasteiger partial charge in [0.25, 0.3) is 0 Å². The van der Waals surface area contributed by atoms with Crippen LogP contribution in [-0.2, 0) is 11.2 Å². The first kappa shape index (κ1) is 28.9. The molecule has 0 atom stereocenters. The SMILES string of the molecule is CCc1nc2c(N)ncc(-c3ccc(N4CCC(CN5CCN(C)CC5)CC4)c(OC)c3)c2nc1NC1CCOCC1. The molecule has 10 heteroatoms. The number of ether oxygens (including phenoxy) is 2. The monoisotopic (exact) mass is 574 g/mol. The van der Waals surface area contributed by atoms with Crippen molar-refractivity contribution in [3.8, 4) is 16.9 Å². The second kappa shape index (κ2) is 13.0. The number of piperazine rings is 1. The standard InChI is InChI=1S/C32H46N8O2/c1-4-26-32(35-24-9-17-42-18-10-24)37-29-25(20-34-31(33)30(29)36-26)23-5-6-27(28(19-23)41-3)40-11-7-22(8-12-40)21-39-15-13-38(2)14-16-39/h5-6,19-20,22,24H,4,7-18,21H2,1-3H3,(H2,33,34)(H,35,37). The minimum absolute atomic E-state index is 0.323. The molecule has 0 unspecified atom stereocenters. The number of nitrogens with one attached hydrogen (secondary N) is 1. The number of nitrogens with two attached hydrogens (primary N) is 1. The number of pyridine rings is 1. The number of fused-ring (bicyclic) bond motifs is 1. The summed E-state index contributed by atoms with van der Waals surface area (Å²) in [5, 5.41) is 3.65. The summed E-state index contributed by atoms with van der Waals surface area (Å²) in [6.45, 7) is 11.7. The molecule has 0 radical (unpaired) electrons. The minimum atomic E-state index is 0.323. The van der Waals surface area contributed by atoms with Crippen LogP contribution in [0.2, 0.25) is 0 Å². The lowest BCUT2D eigenvalue weighted by Gasteiger charge is -2.39. The third-order valence-electron chi connectivity index (χ3n) is 9.25. The molecule has 6 rings (SSSR count). The van der Waals surface area contributed by atoms with Crippen molar-refractivity contribution in [1.29, 1.82) is 0 Å². The number of hydrogen-bond donors (Lipinski definition) is 2. The van der Waals surface area contributed by atoms with Gasteiger partial charge in [-0.05, 0) is 62.8 Å². The molecular weight excluding hydrogens is 528 g/mol. The van der Waals surface area contributed by atoms with Gasteiger partial charge in [-0.3, -0.25) is 0 Å². The van der Waals surface area contributed by atoms with Crippen LogP contribution >= 0.6 is 0 Å². The molecule has 5 heterocycles. The first-order valence-corrected chi connectivity index (χ1v) is 15.7. The number of anilines is 3. The van der Waals surface area contributed by atoms with Crippen LogP contribution in [-0.4, -0.2) is 104 Å². The summed E-state index contributed by atoms with van der Waals surface area (Å²) in [5.41, 5.74) is 11.7. The van der Waals surface area contributed by atoms with Gasteiger partial charge in [-0.1, -0.05) is 13.0 Å². The number of benzene rings is 1. The number of rotatable bonds is 8. The number of hydrogen-bond acceptors (Lipinski definition) is 10. The Balaban J connectivity index is 1.23. The second-order valence-electron chi connectivity index (χ2n) is 12.1. The summed E-state index contributed by atoms with van der Waals surface area (Å²) < 4.78 is 11.5. The number of likely N-dealkylation sites (N-methyl/N-ethyl adjacent to an activating group) is 1. The molecule has 0 aliphatic carbocycles. The first-order chi connectivity index (χ1) is 20.5. The van der Waals surface area contributed by atoms with Gasteiger partial charge >= 0.3 is 0 Å². The van der Waals surface area contributed by atoms with E-state index in [1.54, 1.807) is 7.11 Å². The van der Waals surface area contributed by atoms with Crippen molar-refractivity contribution in [3.05, 3.63) is 30.1 Å². The number of methoxy groups -OCH3 is 1. The third-order valence-corrected chi connectivity index (χ3v) is 9.25. The van der Waals surface area contributed by atoms with E-state index in [9.17, 15) is 0 Å². The van der Waals surface area contributed by atoms with Crippen LogP contribution in [0.1, 0.15) is 38.3 Å². The van der Waals surface area contributed by atoms with Crippen LogP contribution in [0.15, 0.2) is 24.4 Å². The van der Waals surface area contributed by atoms with E-state index in [0.717, 1.165) is 91.1 Å². The molecule has 3 N–H and O–H groups in total. The van der Waals surface area contributed by atoms with Gasteiger partial charge < -0.3 is 35.2 Å². The zero-order chi connectivity index (χ0) is 29.1. The molecule has 0 saturated carbocycles. The Kier molecular flexibility index (Phi) is 8.92. The predicted octanol–water partition coefficient (Wildman–Crippen LogP) is 3.90. The van der Waals surface area contributed by atoms with E-state index in [4.69, 9.17) is 25.2 Å². The molecule has 226 valence electrons. The first-order valence-electron chi connectivity index (χ1n) is 15.7. The van der Waals surface area contributed by atoms with E-state index in [2.05, 4.69) is 57.2 Å². The molecule has 3 aliphatic heterocycles. The predicted molar refractivity (Wildman–Crippen MR) is 169 cm³/mol. The van der Waals surface area contributed by atoms with E-state index in [1.165, 1.54) is 45.6 Å². The van der Waals surface area contributed by atoms with Crippen LogP contribution in [0.3, 0.4) is 0 Å². The van der Waals surface area contributed by atoms with Gasteiger partial charge in [-0.2, -0.15) is 0 Å². The molecular formula is C32H46N8O2. The van der Waals surface area contributed by atoms with Gasteiger partial charge in [0, 0.05) is 76.8 Å². The van der Waals surface area contributed by atoms with Crippen LogP contribution in [0.4, 0.5) is 17.3 Å². The quantitative estimate of drug-likeness (QED) is 0.412. The fourth-order valence-corrected chi connectivity index (χ4v) is 6.56. The Morgan fingerprint density at radius 3 is 2.48 bits per heavy atom. The van der Waals surface area contributed by atoms with E-state index < -0.39 is 0 Å². The number of nitrogens with zero attached hydrogens (tertiary/aromatic N) is 6. The summed E-state index contributed by atoms with van der Waals surface area (Å²) in [7, 11) is 3.98. The molecule has 10 nitrogen and oxygen atoms in total. The van der Waals surface area contributed by atoms with Crippen molar-refractivity contribution in [1.82, 2.24) is 24.8 Å². The number of piperidine rings is 1. The van der Waals surface area contributed by atoms with E-state index >= 15 is 0 Å². The Labute approximate surface area is 249 Å². The van der Waals surface area contributed by atoms with Crippen molar-refractivity contribution in [3.63, 3.8) is 0 Å². The molecule has 0 spiro atoms. The summed E-state index contributed by atoms with van der Waals surface area (Å²) in [6.07, 6.45) is 6.91. The van der Waals surface area contributed by atoms with Crippen molar-refractivity contribution in [2.75, 3.05) is 89.1 Å². The third kappa shape index (κ3) is 6.26. The maximum Gasteiger partial charge on any atom is 0.151 e. The normalized spacial score (nSPS) is 19.8. The highest BCUT2D eigenvalue weighted by Crippen LogP contribution is 2.38. The Hall–Kier alpha value is -3.21. The van der Waals surface area contributed by atoms with Gasteiger partial charge in [0.15, 0.2) is 5.82 Å². The maximum atomic E-state index is 6.33. The second-order valence-corrected chi connectivity index (χ2v) is 12.1. The molecule has 1 aromatic carbocycles. The van der Waals surface area contributed by atoms with E-state index in [1.807, 2.05) is 6.20 Å². The van der Waals surface area contributed by atoms with Crippen molar-refractivity contribution in [2.45, 2.75) is 45.1 Å². The summed E-state index contributed by atoms with van der Waals surface area (Å²) in [5.74, 6) is 2.86. The highest BCUT2D eigenvalue weighted by atomic mass is 16.5. The van der Waals surface area contributed by atoms with Gasteiger partial charge in [0.2, 0.25) is 0 Å². The lowest BCUT2D eigenvalue weighted by atomic mass is 9.95. The van der Waals surface area contributed by atoms with Gasteiger partial charge in [0.1, 0.15) is 22.6 Å². The zero-order valence-electron chi connectivity index (χ0n) is 25.4. The smallest absolute Gasteiger partial charge is 0.151 e. The Morgan fingerprint density at radius 1 is 1.00 bits per heavy atom. The fraction of sp³-hybridized carbons (Fsp3) is 0.594. The highest BCUT2D eigenvalue weighted by molar-refractivity contribution is 5.97. The topological polar surface area (TPSA) is 105 Å². The van der Waals surface area contributed by atoms with Gasteiger partial charge in [-0.25, -0.2) is 15.0 Å². The van der Waals surface area contributed by atoms with Crippen molar-refractivity contribution < 1.29 is 9.47 Å². The minimum Gasteiger partial charge on any atom is -0.495 e. The molecule has 0 bridgehead atoms. The van der Waals surface area contributed by atoms with Crippen LogP contribution in [0.25, 0.3) is 22.2 Å². The van der Waals surface area contributed by atoms with Crippen LogP contribution in [0, 0.1) is 5.92 Å². The van der Waals surface area contributed by atoms with E-state index in [0.29, 0.717) is 17.4 Å². The Bertz CT molecular complexity index is 1360. The average Bonchev–Trinajstić information content (AvgIpc) is 3.03. The lowest BCUT2D eigenvalue weighted by molar-refractivity contribution is 0.0903. The summed E-state index contributed by atoms with van der Waals surface area (Å²) >= 11 is 0. The number of nitrogen functional groups attached to an aromatic ring is 1. The van der Waals surface area contributed by atoms with Crippen LogP contribution in [0.5, 0.6) is 5.75 Å². The van der Waals surface area contributed by atoms with Crippen LogP contribution < -0.4 is 20.7 Å². The largest absolute Gasteiger partial charge is 0.495 e. The zero-order valence-corrected chi connectivity index (χ0v) is 25.4. The molecule has 42 heavy (non-hydrogen) atoms. The van der Waals surface area contributed by atoms with Crippen molar-refractivity contribution >= 4 is 28.4 Å². The molecule has 2 aromatic heterocycles. The molecule has 0 amide bonds. The van der Waals surface area contributed by atoms with Crippen molar-refractivity contribution in [2.24, 2.45) is 5.92 Å². The number of aromatic nitrogens is 3. The Morgan fingerprint density at radius 2 is 1.76 bits per heavy atom. The molecule has 3 fully saturated rings. The molecule has 3 aliphatic rings. The lowest BCUT2D eigenvalue weighted by Crippen LogP contribution is -2.47. The average molecular weight is 575 g/mol. The summed E-state index contributed by atoms with van der Waals surface area (Å²) in [4.78, 5) is 22.1. The summed E-state index contributed by atoms with van der Waals surface area (Å²) in [6, 6.07) is 6.77. The number of aryl methyl sites for hydroxylation is 1. The fourth-order valence-electron chi connectivity index (χ4n) is 6.56. The highest BCUT2D eigenvalue weighted by Gasteiger charge is 2.25. The molecule has 3 saturated heterocycles. The molecule has 3 aromatic rings. The van der Waals surface area contributed by atoms with Gasteiger partial charge in [-0.15, -0.1) is 0 Å².